The van der Waals surface area contributed by atoms with Crippen LogP contribution in [0, 0.1) is 0 Å². The fraction of sp³-hybridized carbons (Fsp3) is 0.944. The van der Waals surface area contributed by atoms with Gasteiger partial charge in [0.15, 0.2) is 0 Å². The number of hydrogen-bond donors (Lipinski definition) is 0. The second kappa shape index (κ2) is 49.8. The zero-order chi connectivity index (χ0) is 29.8. The van der Waals surface area contributed by atoms with Gasteiger partial charge in [0.1, 0.15) is 0 Å². The number of unbranched alkanes of at least 4 members (excludes halogenated alkanes) is 28. The molecule has 0 amide bonds. The molecular formula is C36H70CaMgO5. The van der Waals surface area contributed by atoms with Crippen LogP contribution in [0.2, 0.25) is 0 Å². The molecule has 0 saturated carbocycles. The van der Waals surface area contributed by atoms with Gasteiger partial charge in [-0.1, -0.05) is 194 Å². The van der Waals surface area contributed by atoms with E-state index in [0.29, 0.717) is 0 Å². The summed E-state index contributed by atoms with van der Waals surface area (Å²) in [6, 6.07) is 0. The summed E-state index contributed by atoms with van der Waals surface area (Å²) < 4.78 is 0. The molecule has 0 unspecified atom stereocenters. The van der Waals surface area contributed by atoms with E-state index in [2.05, 4.69) is 13.8 Å². The summed E-state index contributed by atoms with van der Waals surface area (Å²) in [5.41, 5.74) is 0. The Hall–Kier alpha value is 0.926. The minimum atomic E-state index is -0.903. The van der Waals surface area contributed by atoms with E-state index < -0.39 is 11.9 Å². The molecule has 248 valence electrons. The maximum Gasteiger partial charge on any atom is 2.00 e. The molecule has 0 aromatic carbocycles. The van der Waals surface area contributed by atoms with Gasteiger partial charge in [0.25, 0.3) is 0 Å². The molecule has 0 aliphatic heterocycles. The van der Waals surface area contributed by atoms with Crippen LogP contribution >= 0.6 is 0 Å². The van der Waals surface area contributed by atoms with Crippen LogP contribution in [0.4, 0.5) is 0 Å². The molecule has 0 fully saturated rings. The number of hydrogen-bond acceptors (Lipinski definition) is 4. The molecule has 0 rings (SSSR count). The van der Waals surface area contributed by atoms with Crippen molar-refractivity contribution in [2.75, 3.05) is 0 Å². The average molecular weight is 647 g/mol. The van der Waals surface area contributed by atoms with Crippen LogP contribution in [0.25, 0.3) is 0 Å². The van der Waals surface area contributed by atoms with Gasteiger partial charge in [-0.15, -0.1) is 0 Å². The van der Waals surface area contributed by atoms with Crippen LogP contribution in [0.5, 0.6) is 0 Å². The normalized spacial score (nSPS) is 10.1. The van der Waals surface area contributed by atoms with Crippen LogP contribution in [0.1, 0.15) is 219 Å². The predicted octanol–water partition coefficient (Wildman–Crippen LogP) is 9.12. The maximum absolute atomic E-state index is 10.2. The molecule has 7 heteroatoms. The summed E-state index contributed by atoms with van der Waals surface area (Å²) in [6.07, 6.45) is 39.7. The maximum atomic E-state index is 10.2. The summed E-state index contributed by atoms with van der Waals surface area (Å²) in [7, 11) is 0. The number of carboxylic acid groups (broad SMARTS) is 2. The van der Waals surface area contributed by atoms with Crippen LogP contribution in [-0.2, 0) is 15.1 Å². The first-order valence-electron chi connectivity index (χ1n) is 17.9. The summed E-state index contributed by atoms with van der Waals surface area (Å²) in [4.78, 5) is 20.4. The molecule has 0 N–H and O–H groups in total. The first kappa shape index (κ1) is 53.4. The molecule has 0 aliphatic carbocycles. The summed E-state index contributed by atoms with van der Waals surface area (Å²) in [5.74, 6) is -1.81. The van der Waals surface area contributed by atoms with E-state index >= 15 is 0 Å². The predicted molar refractivity (Wildman–Crippen MR) is 181 cm³/mol. The Labute approximate surface area is 314 Å². The van der Waals surface area contributed by atoms with Gasteiger partial charge in [0.05, 0.1) is 0 Å². The molecule has 0 aromatic heterocycles. The van der Waals surface area contributed by atoms with Crippen molar-refractivity contribution in [3.8, 4) is 0 Å². The second-order valence-electron chi connectivity index (χ2n) is 12.1. The monoisotopic (exact) mass is 646 g/mol. The zero-order valence-electron chi connectivity index (χ0n) is 29.1. The number of carbonyl (C=O) groups excluding carboxylic acids is 2. The molecule has 0 radical (unpaired) electrons. The standard InChI is InChI=1S/2C18H36O2.Ca.Mg.O/c2*1-2-3-4-5-6-7-8-9-10-11-12-13-14-15-16-17-18(19)20;;;/h2*2-17H2,1H3,(H,19,20);;;/q;;2*+2;-2/p-2. The summed E-state index contributed by atoms with van der Waals surface area (Å²) in [5, 5.41) is 20.4. The van der Waals surface area contributed by atoms with Gasteiger partial charge in [-0.25, -0.2) is 0 Å². The second-order valence-corrected chi connectivity index (χ2v) is 12.1. The third-order valence-electron chi connectivity index (χ3n) is 7.97. The van der Waals surface area contributed by atoms with Gasteiger partial charge in [-0.05, 0) is 25.7 Å². The minimum absolute atomic E-state index is 0. The average Bonchev–Trinajstić information content (AvgIpc) is 2.93. The smallest absolute Gasteiger partial charge is 2.00 e. The Bertz CT molecular complexity index is 464. The Morgan fingerprint density at radius 2 is 0.488 bits per heavy atom. The van der Waals surface area contributed by atoms with Crippen LogP contribution in [-0.4, -0.2) is 72.7 Å². The van der Waals surface area contributed by atoms with Crippen LogP contribution in [0.3, 0.4) is 0 Å². The van der Waals surface area contributed by atoms with Crippen molar-refractivity contribution in [2.24, 2.45) is 0 Å². The number of aliphatic carboxylic acids is 2. The largest absolute Gasteiger partial charge is 2.00 e. The molecule has 0 aromatic rings. The van der Waals surface area contributed by atoms with E-state index in [1.54, 1.807) is 0 Å². The van der Waals surface area contributed by atoms with Gasteiger partial charge in [-0.2, -0.15) is 0 Å². The third kappa shape index (κ3) is 58.9. The molecule has 0 saturated heterocycles. The van der Waals surface area contributed by atoms with E-state index in [1.165, 1.54) is 167 Å². The van der Waals surface area contributed by atoms with Crippen LogP contribution < -0.4 is 10.2 Å². The number of rotatable bonds is 32. The number of carboxylic acids is 2. The van der Waals surface area contributed by atoms with Gasteiger partial charge in [-0.3, -0.25) is 0 Å². The van der Waals surface area contributed by atoms with Crippen LogP contribution in [0.15, 0.2) is 0 Å². The van der Waals surface area contributed by atoms with E-state index in [4.69, 9.17) is 0 Å². The van der Waals surface area contributed by atoms with Crippen molar-refractivity contribution in [1.29, 1.82) is 0 Å². The SMILES string of the molecule is CCCCCCCCCCCCCCCCCC(=O)[O-].CCCCCCCCCCCCCCCCCC(=O)[O-].[Ca+2].[Mg+2].[O-2]. The Balaban J connectivity index is -0.000000209. The Kier molecular flexibility index (Phi) is 61.9. The molecule has 43 heavy (non-hydrogen) atoms. The fourth-order valence-electron chi connectivity index (χ4n) is 5.28. The Morgan fingerprint density at radius 3 is 0.628 bits per heavy atom. The van der Waals surface area contributed by atoms with Gasteiger partial charge >= 0.3 is 60.8 Å². The Morgan fingerprint density at radius 1 is 0.349 bits per heavy atom. The van der Waals surface area contributed by atoms with E-state index in [1.807, 2.05) is 0 Å². The van der Waals surface area contributed by atoms with Crippen molar-refractivity contribution in [3.05, 3.63) is 0 Å². The van der Waals surface area contributed by atoms with Gasteiger partial charge < -0.3 is 25.3 Å². The topological polar surface area (TPSA) is 109 Å². The first-order chi connectivity index (χ1) is 19.5. The van der Waals surface area contributed by atoms with Crippen molar-refractivity contribution in [2.45, 2.75) is 219 Å². The fourth-order valence-corrected chi connectivity index (χ4v) is 5.28. The first-order valence-corrected chi connectivity index (χ1v) is 17.9. The van der Waals surface area contributed by atoms with Crippen molar-refractivity contribution < 1.29 is 25.3 Å². The zero-order valence-corrected chi connectivity index (χ0v) is 32.7. The summed E-state index contributed by atoms with van der Waals surface area (Å²) >= 11 is 0. The molecule has 0 atom stereocenters. The van der Waals surface area contributed by atoms with Gasteiger partial charge in [0.2, 0.25) is 0 Å². The van der Waals surface area contributed by atoms with Crippen molar-refractivity contribution in [3.63, 3.8) is 0 Å². The van der Waals surface area contributed by atoms with Crippen molar-refractivity contribution >= 4 is 72.7 Å². The molecule has 0 aliphatic rings. The third-order valence-corrected chi connectivity index (χ3v) is 7.97. The van der Waals surface area contributed by atoms with E-state index in [9.17, 15) is 19.8 Å². The molecular weight excluding hydrogens is 577 g/mol. The quantitative estimate of drug-likeness (QED) is 0.0536. The molecule has 0 spiro atoms. The minimum Gasteiger partial charge on any atom is -2.00 e. The van der Waals surface area contributed by atoms with Gasteiger partial charge in [0, 0.05) is 11.9 Å². The molecule has 0 heterocycles. The van der Waals surface area contributed by atoms with E-state index in [-0.39, 0.29) is 79.1 Å². The summed E-state index contributed by atoms with van der Waals surface area (Å²) in [6.45, 7) is 4.53. The molecule has 0 bridgehead atoms. The molecule has 5 nitrogen and oxygen atoms in total. The van der Waals surface area contributed by atoms with E-state index in [0.717, 1.165) is 25.7 Å². The number of carbonyl (C=O) groups is 2. The van der Waals surface area contributed by atoms with Crippen molar-refractivity contribution in [1.82, 2.24) is 0 Å².